The quantitative estimate of drug-likeness (QED) is 0.851. The Morgan fingerprint density at radius 2 is 1.94 bits per heavy atom. The van der Waals surface area contributed by atoms with E-state index in [4.69, 9.17) is 22.4 Å². The summed E-state index contributed by atoms with van der Waals surface area (Å²) in [6, 6.07) is 3.35. The number of hydrogen-bond donors (Lipinski definition) is 2. The van der Waals surface area contributed by atoms with Crippen molar-refractivity contribution in [3.05, 3.63) is 34.3 Å². The van der Waals surface area contributed by atoms with Crippen molar-refractivity contribution in [1.29, 1.82) is 0 Å². The fourth-order valence-electron chi connectivity index (χ4n) is 1.19. The second-order valence-electron chi connectivity index (χ2n) is 3.77. The molecule has 0 aliphatic rings. The highest BCUT2D eigenvalue weighted by Gasteiger charge is 2.34. The molecule has 1 aromatic rings. The van der Waals surface area contributed by atoms with Gasteiger partial charge < -0.3 is 10.8 Å². The third-order valence-corrected chi connectivity index (χ3v) is 2.59. The summed E-state index contributed by atoms with van der Waals surface area (Å²) in [7, 11) is 0. The van der Waals surface area contributed by atoms with Crippen LogP contribution in [0, 0.1) is 0 Å². The van der Waals surface area contributed by atoms with E-state index in [0.717, 1.165) is 12.1 Å². The lowest BCUT2D eigenvalue weighted by atomic mass is 9.93. The second kappa shape index (κ2) is 4.24. The summed E-state index contributed by atoms with van der Waals surface area (Å²) >= 11 is 5.45. The standard InChI is InChI=1S/C10H11ClF3NO/c1-9(15,5-16)6-2-3-8(11)7(4-6)10(12,13)14/h2-4,16H,5,15H2,1H3. The Bertz CT molecular complexity index is 390. The first-order chi connectivity index (χ1) is 7.18. The summed E-state index contributed by atoms with van der Waals surface area (Å²) in [5.74, 6) is 0. The van der Waals surface area contributed by atoms with Crippen molar-refractivity contribution in [3.8, 4) is 0 Å². The molecular weight excluding hydrogens is 243 g/mol. The largest absolute Gasteiger partial charge is 0.417 e. The van der Waals surface area contributed by atoms with Crippen LogP contribution < -0.4 is 5.73 Å². The predicted octanol–water partition coefficient (Wildman–Crippen LogP) is 2.53. The van der Waals surface area contributed by atoms with Crippen LogP contribution in [0.4, 0.5) is 13.2 Å². The molecule has 0 amide bonds. The van der Waals surface area contributed by atoms with Crippen molar-refractivity contribution in [2.24, 2.45) is 5.73 Å². The van der Waals surface area contributed by atoms with Crippen LogP contribution in [0.25, 0.3) is 0 Å². The average Bonchev–Trinajstić information content (AvgIpc) is 2.16. The van der Waals surface area contributed by atoms with Crippen LogP contribution >= 0.6 is 11.6 Å². The fraction of sp³-hybridized carbons (Fsp3) is 0.400. The summed E-state index contributed by atoms with van der Waals surface area (Å²) in [5.41, 5.74) is 3.66. The van der Waals surface area contributed by atoms with Crippen LogP contribution in [0.15, 0.2) is 18.2 Å². The molecule has 0 fully saturated rings. The van der Waals surface area contributed by atoms with Crippen molar-refractivity contribution in [1.82, 2.24) is 0 Å². The summed E-state index contributed by atoms with van der Waals surface area (Å²) < 4.78 is 37.6. The van der Waals surface area contributed by atoms with Gasteiger partial charge in [-0.05, 0) is 24.6 Å². The zero-order valence-electron chi connectivity index (χ0n) is 8.48. The van der Waals surface area contributed by atoms with Gasteiger partial charge in [-0.15, -0.1) is 0 Å². The molecule has 0 radical (unpaired) electrons. The molecule has 1 aromatic carbocycles. The Kier molecular flexibility index (Phi) is 3.52. The van der Waals surface area contributed by atoms with E-state index < -0.39 is 23.9 Å². The molecule has 90 valence electrons. The molecule has 1 atom stereocenters. The minimum Gasteiger partial charge on any atom is -0.394 e. The monoisotopic (exact) mass is 253 g/mol. The Morgan fingerprint density at radius 3 is 2.38 bits per heavy atom. The summed E-state index contributed by atoms with van der Waals surface area (Å²) in [5, 5.41) is 8.59. The minimum absolute atomic E-state index is 0.187. The topological polar surface area (TPSA) is 46.2 Å². The fourth-order valence-corrected chi connectivity index (χ4v) is 1.41. The zero-order chi connectivity index (χ0) is 12.6. The Balaban J connectivity index is 3.29. The van der Waals surface area contributed by atoms with E-state index in [9.17, 15) is 13.2 Å². The Hall–Kier alpha value is -0.780. The normalized spacial score (nSPS) is 15.9. The van der Waals surface area contributed by atoms with Crippen LogP contribution in [0.3, 0.4) is 0 Å². The molecule has 0 saturated heterocycles. The van der Waals surface area contributed by atoms with Gasteiger partial charge >= 0.3 is 6.18 Å². The molecule has 0 aromatic heterocycles. The van der Waals surface area contributed by atoms with Crippen molar-refractivity contribution < 1.29 is 18.3 Å². The smallest absolute Gasteiger partial charge is 0.394 e. The molecule has 2 nitrogen and oxygen atoms in total. The zero-order valence-corrected chi connectivity index (χ0v) is 9.23. The van der Waals surface area contributed by atoms with Gasteiger partial charge in [0.15, 0.2) is 0 Å². The molecule has 0 aliphatic carbocycles. The number of hydrogen-bond acceptors (Lipinski definition) is 2. The number of aliphatic hydroxyl groups is 1. The third kappa shape index (κ3) is 2.66. The molecule has 0 spiro atoms. The molecule has 0 aliphatic heterocycles. The van der Waals surface area contributed by atoms with E-state index in [1.165, 1.54) is 13.0 Å². The lowest BCUT2D eigenvalue weighted by Crippen LogP contribution is -2.37. The molecule has 0 heterocycles. The van der Waals surface area contributed by atoms with Gasteiger partial charge in [0.1, 0.15) is 0 Å². The number of benzene rings is 1. The summed E-state index contributed by atoms with van der Waals surface area (Å²) in [4.78, 5) is 0. The van der Waals surface area contributed by atoms with Crippen molar-refractivity contribution >= 4 is 11.6 Å². The average molecular weight is 254 g/mol. The molecule has 6 heteroatoms. The lowest BCUT2D eigenvalue weighted by molar-refractivity contribution is -0.137. The second-order valence-corrected chi connectivity index (χ2v) is 4.18. The number of alkyl halides is 3. The molecule has 1 unspecified atom stereocenters. The first-order valence-electron chi connectivity index (χ1n) is 4.45. The van der Waals surface area contributed by atoms with Gasteiger partial charge in [-0.25, -0.2) is 0 Å². The van der Waals surface area contributed by atoms with Gasteiger partial charge in [0.2, 0.25) is 0 Å². The minimum atomic E-state index is -4.53. The van der Waals surface area contributed by atoms with Crippen molar-refractivity contribution in [3.63, 3.8) is 0 Å². The van der Waals surface area contributed by atoms with E-state index in [2.05, 4.69) is 0 Å². The van der Waals surface area contributed by atoms with Crippen LogP contribution in [0.1, 0.15) is 18.1 Å². The van der Waals surface area contributed by atoms with Crippen LogP contribution in [-0.2, 0) is 11.7 Å². The van der Waals surface area contributed by atoms with E-state index >= 15 is 0 Å². The molecule has 0 bridgehead atoms. The van der Waals surface area contributed by atoms with E-state index in [1.807, 2.05) is 0 Å². The highest BCUT2D eigenvalue weighted by atomic mass is 35.5. The van der Waals surface area contributed by atoms with E-state index in [-0.39, 0.29) is 10.6 Å². The van der Waals surface area contributed by atoms with Crippen molar-refractivity contribution in [2.75, 3.05) is 6.61 Å². The van der Waals surface area contributed by atoms with Gasteiger partial charge in [-0.2, -0.15) is 13.2 Å². The van der Waals surface area contributed by atoms with Crippen LogP contribution in [-0.4, -0.2) is 11.7 Å². The molecule has 16 heavy (non-hydrogen) atoms. The number of nitrogens with two attached hydrogens (primary N) is 1. The van der Waals surface area contributed by atoms with Crippen LogP contribution in [0.2, 0.25) is 5.02 Å². The van der Waals surface area contributed by atoms with Gasteiger partial charge in [-0.1, -0.05) is 17.7 Å². The molecule has 3 N–H and O–H groups in total. The van der Waals surface area contributed by atoms with Crippen LogP contribution in [0.5, 0.6) is 0 Å². The first kappa shape index (κ1) is 13.3. The maximum absolute atomic E-state index is 12.5. The van der Waals surface area contributed by atoms with Gasteiger partial charge in [0.25, 0.3) is 0 Å². The number of aliphatic hydroxyl groups excluding tert-OH is 1. The van der Waals surface area contributed by atoms with Crippen molar-refractivity contribution in [2.45, 2.75) is 18.6 Å². The SMILES string of the molecule is CC(N)(CO)c1ccc(Cl)c(C(F)(F)F)c1. The molecular formula is C10H11ClF3NO. The maximum Gasteiger partial charge on any atom is 0.417 e. The third-order valence-electron chi connectivity index (χ3n) is 2.26. The van der Waals surface area contributed by atoms with E-state index in [0.29, 0.717) is 0 Å². The first-order valence-corrected chi connectivity index (χ1v) is 4.83. The maximum atomic E-state index is 12.5. The van der Waals surface area contributed by atoms with Gasteiger partial charge in [-0.3, -0.25) is 0 Å². The number of halogens is 4. The summed E-state index contributed by atoms with van der Waals surface area (Å²) in [6.07, 6.45) is -4.53. The molecule has 1 rings (SSSR count). The highest BCUT2D eigenvalue weighted by Crippen LogP contribution is 2.36. The predicted molar refractivity (Wildman–Crippen MR) is 55.1 cm³/mol. The molecule has 0 saturated carbocycles. The van der Waals surface area contributed by atoms with Gasteiger partial charge in [0, 0.05) is 0 Å². The lowest BCUT2D eigenvalue weighted by Gasteiger charge is -2.23. The van der Waals surface area contributed by atoms with Gasteiger partial charge in [0.05, 0.1) is 22.7 Å². The number of rotatable bonds is 2. The highest BCUT2D eigenvalue weighted by molar-refractivity contribution is 6.31. The summed E-state index contributed by atoms with van der Waals surface area (Å²) in [6.45, 7) is 0.988. The Morgan fingerprint density at radius 1 is 1.38 bits per heavy atom. The van der Waals surface area contributed by atoms with E-state index in [1.54, 1.807) is 0 Å². The Labute approximate surface area is 95.8 Å².